The lowest BCUT2D eigenvalue weighted by Crippen LogP contribution is -2.19. The van der Waals surface area contributed by atoms with Gasteiger partial charge in [0.15, 0.2) is 0 Å². The van der Waals surface area contributed by atoms with Gasteiger partial charge in [-0.05, 0) is 30.2 Å². The van der Waals surface area contributed by atoms with Gasteiger partial charge in [-0.25, -0.2) is 4.79 Å². The van der Waals surface area contributed by atoms with E-state index in [-0.39, 0.29) is 0 Å². The molecule has 0 aliphatic heterocycles. The van der Waals surface area contributed by atoms with Gasteiger partial charge in [0.05, 0.1) is 0 Å². The Hall–Kier alpha value is -1.71. The largest absolute Gasteiger partial charge is 0.385 e. The van der Waals surface area contributed by atoms with E-state index in [4.69, 9.17) is 5.73 Å². The van der Waals surface area contributed by atoms with Gasteiger partial charge in [0, 0.05) is 17.9 Å². The predicted octanol–water partition coefficient (Wildman–Crippen LogP) is 3.03. The highest BCUT2D eigenvalue weighted by Crippen LogP contribution is 2.15. The SMILES string of the molecule is CCC(CC)CNc1ccc(NC(N)=O)cc1. The van der Waals surface area contributed by atoms with Gasteiger partial charge in [-0.3, -0.25) is 0 Å². The third-order valence-corrected chi connectivity index (χ3v) is 2.90. The van der Waals surface area contributed by atoms with Crippen LogP contribution in [0.25, 0.3) is 0 Å². The Balaban J connectivity index is 2.47. The molecule has 0 unspecified atom stereocenters. The lowest BCUT2D eigenvalue weighted by atomic mass is 10.0. The van der Waals surface area contributed by atoms with E-state index >= 15 is 0 Å². The number of carbonyl (C=O) groups excluding carboxylic acids is 1. The van der Waals surface area contributed by atoms with Crippen LogP contribution in [0.5, 0.6) is 0 Å². The van der Waals surface area contributed by atoms with Crippen LogP contribution in [-0.2, 0) is 0 Å². The Morgan fingerprint density at radius 1 is 1.18 bits per heavy atom. The number of benzene rings is 1. The number of anilines is 2. The molecule has 0 bridgehead atoms. The zero-order valence-corrected chi connectivity index (χ0v) is 10.5. The number of urea groups is 1. The fourth-order valence-electron chi connectivity index (χ4n) is 1.65. The average Bonchev–Trinajstić information content (AvgIpc) is 2.32. The molecule has 1 rings (SSSR count). The Labute approximate surface area is 103 Å². The van der Waals surface area contributed by atoms with Crippen LogP contribution < -0.4 is 16.4 Å². The zero-order chi connectivity index (χ0) is 12.7. The molecule has 0 spiro atoms. The monoisotopic (exact) mass is 235 g/mol. The number of carbonyl (C=O) groups is 1. The number of nitrogens with two attached hydrogens (primary N) is 1. The van der Waals surface area contributed by atoms with Gasteiger partial charge in [-0.2, -0.15) is 0 Å². The molecule has 0 aromatic heterocycles. The van der Waals surface area contributed by atoms with Crippen molar-refractivity contribution in [3.8, 4) is 0 Å². The van der Waals surface area contributed by atoms with Crippen LogP contribution in [0.2, 0.25) is 0 Å². The summed E-state index contributed by atoms with van der Waals surface area (Å²) in [5.74, 6) is 0.707. The van der Waals surface area contributed by atoms with Crippen molar-refractivity contribution in [1.29, 1.82) is 0 Å². The number of rotatable bonds is 6. The van der Waals surface area contributed by atoms with E-state index in [2.05, 4.69) is 24.5 Å². The Morgan fingerprint density at radius 3 is 2.18 bits per heavy atom. The van der Waals surface area contributed by atoms with Crippen molar-refractivity contribution < 1.29 is 4.79 Å². The number of primary amides is 1. The summed E-state index contributed by atoms with van der Waals surface area (Å²) in [6, 6.07) is 7.00. The Morgan fingerprint density at radius 2 is 1.71 bits per heavy atom. The second kappa shape index (κ2) is 6.78. The van der Waals surface area contributed by atoms with Crippen molar-refractivity contribution in [2.45, 2.75) is 26.7 Å². The van der Waals surface area contributed by atoms with Crippen LogP contribution >= 0.6 is 0 Å². The van der Waals surface area contributed by atoms with Gasteiger partial charge >= 0.3 is 6.03 Å². The average molecular weight is 235 g/mol. The van der Waals surface area contributed by atoms with Gasteiger partial charge in [0.2, 0.25) is 0 Å². The summed E-state index contributed by atoms with van der Waals surface area (Å²) in [4.78, 5) is 10.6. The van der Waals surface area contributed by atoms with E-state index < -0.39 is 6.03 Å². The molecule has 0 aliphatic rings. The molecule has 0 heterocycles. The van der Waals surface area contributed by atoms with Crippen molar-refractivity contribution in [1.82, 2.24) is 0 Å². The minimum atomic E-state index is -0.539. The molecule has 1 aromatic rings. The van der Waals surface area contributed by atoms with E-state index in [1.165, 1.54) is 12.8 Å². The first-order valence-electron chi connectivity index (χ1n) is 6.06. The first-order chi connectivity index (χ1) is 8.15. The summed E-state index contributed by atoms with van der Waals surface area (Å²) >= 11 is 0. The van der Waals surface area contributed by atoms with E-state index in [0.717, 1.165) is 12.2 Å². The minimum Gasteiger partial charge on any atom is -0.385 e. The van der Waals surface area contributed by atoms with Gasteiger partial charge < -0.3 is 16.4 Å². The smallest absolute Gasteiger partial charge is 0.316 e. The van der Waals surface area contributed by atoms with Crippen molar-refractivity contribution in [2.24, 2.45) is 11.7 Å². The molecule has 0 saturated carbocycles. The summed E-state index contributed by atoms with van der Waals surface area (Å²) in [6.45, 7) is 5.39. The maximum Gasteiger partial charge on any atom is 0.316 e. The second-order valence-electron chi connectivity index (χ2n) is 4.13. The molecule has 0 aliphatic carbocycles. The summed E-state index contributed by atoms with van der Waals surface area (Å²) in [6.07, 6.45) is 2.37. The number of amides is 2. The molecule has 2 amide bonds. The van der Waals surface area contributed by atoms with E-state index in [1.807, 2.05) is 24.3 Å². The van der Waals surface area contributed by atoms with E-state index in [0.29, 0.717) is 11.6 Å². The fraction of sp³-hybridized carbons (Fsp3) is 0.462. The van der Waals surface area contributed by atoms with Gasteiger partial charge in [0.25, 0.3) is 0 Å². The van der Waals surface area contributed by atoms with E-state index in [1.54, 1.807) is 0 Å². The molecule has 1 aromatic carbocycles. The lowest BCUT2D eigenvalue weighted by molar-refractivity contribution is 0.259. The Bertz CT molecular complexity index is 344. The van der Waals surface area contributed by atoms with Crippen molar-refractivity contribution in [2.75, 3.05) is 17.2 Å². The van der Waals surface area contributed by atoms with Crippen molar-refractivity contribution in [3.63, 3.8) is 0 Å². The molecule has 0 atom stereocenters. The molecule has 0 radical (unpaired) electrons. The lowest BCUT2D eigenvalue weighted by Gasteiger charge is -2.14. The van der Waals surface area contributed by atoms with Crippen LogP contribution in [0, 0.1) is 5.92 Å². The van der Waals surface area contributed by atoms with Crippen LogP contribution in [0.1, 0.15) is 26.7 Å². The first kappa shape index (κ1) is 13.4. The van der Waals surface area contributed by atoms with Crippen LogP contribution in [0.15, 0.2) is 24.3 Å². The number of hydrogen-bond acceptors (Lipinski definition) is 2. The zero-order valence-electron chi connectivity index (χ0n) is 10.5. The molecule has 17 heavy (non-hydrogen) atoms. The third-order valence-electron chi connectivity index (χ3n) is 2.90. The molecule has 4 nitrogen and oxygen atoms in total. The highest BCUT2D eigenvalue weighted by Gasteiger charge is 2.02. The summed E-state index contributed by atoms with van der Waals surface area (Å²) in [7, 11) is 0. The van der Waals surface area contributed by atoms with Gasteiger partial charge in [-0.1, -0.05) is 26.7 Å². The maximum atomic E-state index is 10.6. The molecule has 4 N–H and O–H groups in total. The standard InChI is InChI=1S/C13H21N3O/c1-3-10(4-2)9-15-11-5-7-12(8-6-11)16-13(14)17/h5-8,10,15H,3-4,9H2,1-2H3,(H3,14,16,17). The van der Waals surface area contributed by atoms with Gasteiger partial charge in [-0.15, -0.1) is 0 Å². The highest BCUT2D eigenvalue weighted by atomic mass is 16.2. The molecule has 0 saturated heterocycles. The molecule has 0 fully saturated rings. The first-order valence-corrected chi connectivity index (χ1v) is 6.06. The van der Waals surface area contributed by atoms with Crippen molar-refractivity contribution in [3.05, 3.63) is 24.3 Å². The summed E-state index contributed by atoms with van der Waals surface area (Å²) in [5, 5.41) is 5.91. The topological polar surface area (TPSA) is 67.2 Å². The summed E-state index contributed by atoms with van der Waals surface area (Å²) in [5.41, 5.74) is 6.81. The third kappa shape index (κ3) is 4.76. The molecule has 4 heteroatoms. The minimum absolute atomic E-state index is 0.539. The Kier molecular flexibility index (Phi) is 5.33. The quantitative estimate of drug-likeness (QED) is 0.709. The van der Waals surface area contributed by atoms with Crippen LogP contribution in [0.3, 0.4) is 0 Å². The molecular weight excluding hydrogens is 214 g/mol. The molecule has 94 valence electrons. The highest BCUT2D eigenvalue weighted by molar-refractivity contribution is 5.87. The maximum absolute atomic E-state index is 10.6. The normalized spacial score (nSPS) is 10.3. The van der Waals surface area contributed by atoms with Gasteiger partial charge in [0.1, 0.15) is 0 Å². The fourth-order valence-corrected chi connectivity index (χ4v) is 1.65. The second-order valence-corrected chi connectivity index (χ2v) is 4.13. The number of nitrogens with one attached hydrogen (secondary N) is 2. The summed E-state index contributed by atoms with van der Waals surface area (Å²) < 4.78 is 0. The molecular formula is C13H21N3O. The predicted molar refractivity (Wildman–Crippen MR) is 72.2 cm³/mol. The van der Waals surface area contributed by atoms with Crippen molar-refractivity contribution >= 4 is 17.4 Å². The van der Waals surface area contributed by atoms with Crippen LogP contribution in [0.4, 0.5) is 16.2 Å². The number of hydrogen-bond donors (Lipinski definition) is 3. The van der Waals surface area contributed by atoms with Crippen LogP contribution in [-0.4, -0.2) is 12.6 Å². The van der Waals surface area contributed by atoms with E-state index in [9.17, 15) is 4.79 Å².